The Labute approximate surface area is 255 Å². The summed E-state index contributed by atoms with van der Waals surface area (Å²) in [5.74, 6) is 1.07. The quantitative estimate of drug-likeness (QED) is 0.217. The summed E-state index contributed by atoms with van der Waals surface area (Å²) >= 11 is 0. The van der Waals surface area contributed by atoms with Crippen LogP contribution < -0.4 is 20.5 Å². The molecule has 1 aromatic heterocycles. The first-order valence-corrected chi connectivity index (χ1v) is 15.4. The Morgan fingerprint density at radius 3 is 2.37 bits per heavy atom. The average molecular weight is 588 g/mol. The Bertz CT molecular complexity index is 1500. The Morgan fingerprint density at radius 2 is 1.77 bits per heavy atom. The number of H-pyrrole nitrogens is 1. The lowest BCUT2D eigenvalue weighted by Gasteiger charge is -2.38. The van der Waals surface area contributed by atoms with E-state index < -0.39 is 0 Å². The van der Waals surface area contributed by atoms with Gasteiger partial charge in [0.2, 0.25) is 0 Å². The van der Waals surface area contributed by atoms with E-state index in [4.69, 9.17) is 9.84 Å². The van der Waals surface area contributed by atoms with Gasteiger partial charge in [0, 0.05) is 47.6 Å². The molecule has 230 valence electrons. The number of aliphatic hydroxyl groups excluding tert-OH is 1. The zero-order chi connectivity index (χ0) is 31.1. The number of rotatable bonds is 11. The Morgan fingerprint density at radius 1 is 1.07 bits per heavy atom. The molecule has 3 N–H and O–H groups in total. The Hall–Kier alpha value is -3.91. The number of aromatic nitrogens is 1. The maximum atomic E-state index is 13.8. The second kappa shape index (κ2) is 14.5. The van der Waals surface area contributed by atoms with Gasteiger partial charge in [0.05, 0.1) is 6.61 Å². The summed E-state index contributed by atoms with van der Waals surface area (Å²) in [6.07, 6.45) is 6.81. The predicted molar refractivity (Wildman–Crippen MR) is 174 cm³/mol. The predicted octanol–water partition coefficient (Wildman–Crippen LogP) is 5.00. The van der Waals surface area contributed by atoms with Crippen LogP contribution in [0.1, 0.15) is 65.3 Å². The van der Waals surface area contributed by atoms with Crippen molar-refractivity contribution in [2.24, 2.45) is 5.92 Å². The normalized spacial score (nSPS) is 16.4. The fourth-order valence-corrected chi connectivity index (χ4v) is 6.28. The summed E-state index contributed by atoms with van der Waals surface area (Å²) < 4.78 is 7.72. The van der Waals surface area contributed by atoms with Crippen LogP contribution in [0.25, 0.3) is 11.1 Å². The molecule has 0 aliphatic heterocycles. The minimum absolute atomic E-state index is 0.0442. The highest BCUT2D eigenvalue weighted by Gasteiger charge is 2.28. The molecule has 8 nitrogen and oxygen atoms in total. The van der Waals surface area contributed by atoms with E-state index in [1.54, 1.807) is 0 Å². The number of hydrogen-bond donors (Lipinski definition) is 3. The summed E-state index contributed by atoms with van der Waals surface area (Å²) in [6, 6.07) is 14.2. The molecule has 1 fully saturated rings. The molecule has 1 aliphatic carbocycles. The number of anilines is 1. The zero-order valence-corrected chi connectivity index (χ0v) is 26.5. The Kier molecular flexibility index (Phi) is 10.8. The van der Waals surface area contributed by atoms with Crippen molar-refractivity contribution in [2.45, 2.75) is 66.0 Å². The topological polar surface area (TPSA) is 97.7 Å². The van der Waals surface area contributed by atoms with Crippen LogP contribution in [-0.4, -0.2) is 66.7 Å². The van der Waals surface area contributed by atoms with Crippen LogP contribution in [0.3, 0.4) is 0 Å². The van der Waals surface area contributed by atoms with E-state index in [0.717, 1.165) is 65.9 Å². The molecule has 0 saturated heterocycles. The molecule has 0 spiro atoms. The number of hydrogen-bond acceptors (Lipinski definition) is 5. The number of pyridine rings is 1. The van der Waals surface area contributed by atoms with Gasteiger partial charge in [-0.15, -0.1) is 0 Å². The van der Waals surface area contributed by atoms with Crippen molar-refractivity contribution in [3.05, 3.63) is 80.8 Å². The molecular weight excluding hydrogens is 540 g/mol. The van der Waals surface area contributed by atoms with Gasteiger partial charge in [0.1, 0.15) is 32.7 Å². The highest BCUT2D eigenvalue weighted by molar-refractivity contribution is 5.99. The number of aryl methyl sites for hydroxylation is 2. The molecule has 1 amide bonds. The van der Waals surface area contributed by atoms with E-state index in [1.807, 2.05) is 57.2 Å². The molecule has 0 radical (unpaired) electrons. The smallest absolute Gasteiger partial charge is 0.253 e. The van der Waals surface area contributed by atoms with Crippen molar-refractivity contribution in [1.29, 1.82) is 0 Å². The molecule has 3 aromatic rings. The average Bonchev–Trinajstić information content (AvgIpc) is 2.97. The summed E-state index contributed by atoms with van der Waals surface area (Å²) in [5.41, 5.74) is 6.55. The van der Waals surface area contributed by atoms with Gasteiger partial charge in [-0.2, -0.15) is 0 Å². The van der Waals surface area contributed by atoms with Crippen LogP contribution in [0.2, 0.25) is 0 Å². The van der Waals surface area contributed by atoms with Crippen LogP contribution in [0.4, 0.5) is 5.69 Å². The minimum atomic E-state index is -0.205. The fraction of sp³-hybridized carbons (Fsp3) is 0.457. The second-order valence-corrected chi connectivity index (χ2v) is 11.9. The van der Waals surface area contributed by atoms with Crippen LogP contribution in [-0.2, 0) is 6.54 Å². The summed E-state index contributed by atoms with van der Waals surface area (Å²) in [4.78, 5) is 31.7. The van der Waals surface area contributed by atoms with Gasteiger partial charge in [-0.1, -0.05) is 12.1 Å². The van der Waals surface area contributed by atoms with Crippen LogP contribution in [0.15, 0.2) is 47.3 Å². The first-order valence-electron chi connectivity index (χ1n) is 15.4. The van der Waals surface area contributed by atoms with Crippen molar-refractivity contribution in [3.63, 3.8) is 0 Å². The van der Waals surface area contributed by atoms with Crippen LogP contribution in [0, 0.1) is 26.7 Å². The van der Waals surface area contributed by atoms with Crippen molar-refractivity contribution in [1.82, 2.24) is 10.3 Å². The number of benzene rings is 2. The molecule has 43 heavy (non-hydrogen) atoms. The van der Waals surface area contributed by atoms with Gasteiger partial charge < -0.3 is 25.0 Å². The highest BCUT2D eigenvalue weighted by atomic mass is 16.5. The molecule has 8 heteroatoms. The number of nitrogens with zero attached hydrogens (tertiary/aromatic N) is 2. The number of carbonyl (C=O) groups is 1. The maximum absolute atomic E-state index is 13.8. The van der Waals surface area contributed by atoms with E-state index in [-0.39, 0.29) is 31.2 Å². The molecular formula is C35H47N4O4+. The van der Waals surface area contributed by atoms with Crippen molar-refractivity contribution in [2.75, 3.05) is 38.8 Å². The molecule has 1 aliphatic rings. The number of aromatic amines is 1. The molecule has 1 heterocycles. The van der Waals surface area contributed by atoms with Gasteiger partial charge in [-0.3, -0.25) is 9.59 Å². The van der Waals surface area contributed by atoms with Crippen LogP contribution >= 0.6 is 0 Å². The number of ether oxygens (including phenoxy) is 1. The standard InChI is InChI=1S/C35H46N4O4/c1-7-39(29-12-8-26(9-13-29)22-38(5)6)33-20-28(27-10-14-30(15-11-27)43-17-16-40)19-31(25(33)4)34(41)36-21-32-23(2)18-24(3)37-35(32)42/h10-11,14-15,18-20,22,26,29,40H,7-9,12-13,16-17,21H2,1-6H3,(H-,36,37,41,42)/p+1. The second-order valence-electron chi connectivity index (χ2n) is 11.9. The van der Waals surface area contributed by atoms with Crippen molar-refractivity contribution < 1.29 is 19.2 Å². The number of nitrogens with one attached hydrogen (secondary N) is 2. The largest absolute Gasteiger partial charge is 0.491 e. The van der Waals surface area contributed by atoms with E-state index in [9.17, 15) is 9.59 Å². The summed E-state index contributed by atoms with van der Waals surface area (Å²) in [7, 11) is 4.18. The van der Waals surface area contributed by atoms with Gasteiger partial charge in [-0.25, -0.2) is 4.58 Å². The van der Waals surface area contributed by atoms with Gasteiger partial charge in [0.25, 0.3) is 11.5 Å². The highest BCUT2D eigenvalue weighted by Crippen LogP contribution is 2.36. The number of carbonyl (C=O) groups excluding carboxylic acids is 1. The number of amides is 1. The van der Waals surface area contributed by atoms with E-state index in [2.05, 4.69) is 53.1 Å². The maximum Gasteiger partial charge on any atom is 0.253 e. The van der Waals surface area contributed by atoms with E-state index >= 15 is 0 Å². The third-order valence-electron chi connectivity index (χ3n) is 8.43. The first kappa shape index (κ1) is 32.0. The van der Waals surface area contributed by atoms with Crippen molar-refractivity contribution in [3.8, 4) is 16.9 Å². The molecule has 0 atom stereocenters. The first-order chi connectivity index (χ1) is 20.6. The number of aliphatic hydroxyl groups is 1. The van der Waals surface area contributed by atoms with E-state index in [1.165, 1.54) is 0 Å². The fourth-order valence-electron chi connectivity index (χ4n) is 6.28. The third kappa shape index (κ3) is 7.93. The van der Waals surface area contributed by atoms with E-state index in [0.29, 0.717) is 28.8 Å². The van der Waals surface area contributed by atoms with Gasteiger partial charge >= 0.3 is 0 Å². The Balaban J connectivity index is 1.69. The summed E-state index contributed by atoms with van der Waals surface area (Å²) in [6.45, 7) is 9.14. The molecule has 4 rings (SSSR count). The van der Waals surface area contributed by atoms with Gasteiger partial charge in [0.15, 0.2) is 0 Å². The third-order valence-corrected chi connectivity index (χ3v) is 8.43. The van der Waals surface area contributed by atoms with Gasteiger partial charge in [-0.05, 0) is 106 Å². The SMILES string of the molecule is CCN(c1cc(-c2ccc(OCCO)cc2)cc(C(=O)NCc2c(C)cc(C)[nH]c2=O)c1C)C1CCC(C=[N+](C)C)CC1. The lowest BCUT2D eigenvalue weighted by atomic mass is 9.85. The summed E-state index contributed by atoms with van der Waals surface area (Å²) in [5, 5.41) is 12.1. The minimum Gasteiger partial charge on any atom is -0.491 e. The molecule has 0 unspecified atom stereocenters. The molecule has 1 saturated carbocycles. The van der Waals surface area contributed by atoms with Crippen molar-refractivity contribution >= 4 is 17.8 Å². The lowest BCUT2D eigenvalue weighted by Crippen LogP contribution is -2.39. The van der Waals surface area contributed by atoms with Crippen LogP contribution in [0.5, 0.6) is 5.75 Å². The lowest BCUT2D eigenvalue weighted by molar-refractivity contribution is -0.462. The molecule has 0 bridgehead atoms. The molecule has 2 aromatic carbocycles. The monoisotopic (exact) mass is 587 g/mol. The zero-order valence-electron chi connectivity index (χ0n) is 26.5.